The molecule has 5 nitrogen and oxygen atoms in total. The summed E-state index contributed by atoms with van der Waals surface area (Å²) in [6.07, 6.45) is 5.36. The molecule has 0 spiro atoms. The van der Waals surface area contributed by atoms with E-state index in [1.165, 1.54) is 13.1 Å². The van der Waals surface area contributed by atoms with Crippen molar-refractivity contribution in [3.05, 3.63) is 57.4 Å². The van der Waals surface area contributed by atoms with Crippen LogP contribution in [0.15, 0.2) is 24.4 Å². The van der Waals surface area contributed by atoms with Gasteiger partial charge in [0.15, 0.2) is 0 Å². The van der Waals surface area contributed by atoms with Gasteiger partial charge in [-0.15, -0.1) is 0 Å². The Bertz CT molecular complexity index is 1090. The average Bonchev–Trinajstić information content (AvgIpc) is 2.95. The topological polar surface area (TPSA) is 62.3 Å². The zero-order valence-electron chi connectivity index (χ0n) is 19.7. The zero-order valence-corrected chi connectivity index (χ0v) is 20.4. The predicted molar refractivity (Wildman–Crippen MR) is 128 cm³/mol. The largest absolute Gasteiger partial charge is 0.352 e. The van der Waals surface area contributed by atoms with E-state index in [2.05, 4.69) is 10.3 Å². The number of amides is 2. The SMILES string of the molecule is Cc1cc2c(cc1C)C(C)(F)C(=O)N2CC1CCC(CNC(=O)c2cc(Cl)cnc2C)CC1. The number of halogens is 2. The lowest BCUT2D eigenvalue weighted by Crippen LogP contribution is -2.39. The third kappa shape index (κ3) is 4.63. The number of benzene rings is 1. The van der Waals surface area contributed by atoms with Crippen molar-refractivity contribution in [2.75, 3.05) is 18.0 Å². The molecular weight excluding hydrogens is 441 g/mol. The minimum Gasteiger partial charge on any atom is -0.352 e. The Morgan fingerprint density at radius 2 is 1.79 bits per heavy atom. The Labute approximate surface area is 199 Å². The highest BCUT2D eigenvalue weighted by Crippen LogP contribution is 2.45. The van der Waals surface area contributed by atoms with Crippen molar-refractivity contribution < 1.29 is 14.0 Å². The smallest absolute Gasteiger partial charge is 0.269 e. The van der Waals surface area contributed by atoms with Gasteiger partial charge in [-0.25, -0.2) is 4.39 Å². The summed E-state index contributed by atoms with van der Waals surface area (Å²) < 4.78 is 15.3. The molecule has 1 aliphatic carbocycles. The number of nitrogens with one attached hydrogen (secondary N) is 1. The number of carbonyl (C=O) groups is 2. The van der Waals surface area contributed by atoms with Crippen molar-refractivity contribution in [1.29, 1.82) is 0 Å². The monoisotopic (exact) mass is 471 g/mol. The second-order valence-electron chi connectivity index (χ2n) is 9.76. The Balaban J connectivity index is 1.34. The van der Waals surface area contributed by atoms with Gasteiger partial charge in [0, 0.05) is 24.8 Å². The van der Waals surface area contributed by atoms with Crippen molar-refractivity contribution in [1.82, 2.24) is 10.3 Å². The number of aryl methyl sites for hydroxylation is 3. The van der Waals surface area contributed by atoms with E-state index >= 15 is 4.39 Å². The number of hydrogen-bond acceptors (Lipinski definition) is 3. The Morgan fingerprint density at radius 1 is 1.15 bits per heavy atom. The summed E-state index contributed by atoms with van der Waals surface area (Å²) in [7, 11) is 0. The maximum atomic E-state index is 15.3. The molecule has 7 heteroatoms. The van der Waals surface area contributed by atoms with Crippen molar-refractivity contribution in [3.8, 4) is 0 Å². The third-order valence-corrected chi connectivity index (χ3v) is 7.52. The minimum absolute atomic E-state index is 0.156. The number of fused-ring (bicyclic) bond motifs is 1. The predicted octanol–water partition coefficient (Wildman–Crippen LogP) is 5.43. The van der Waals surface area contributed by atoms with Gasteiger partial charge in [-0.2, -0.15) is 0 Å². The van der Waals surface area contributed by atoms with Crippen LogP contribution in [0, 0.1) is 32.6 Å². The van der Waals surface area contributed by atoms with E-state index in [4.69, 9.17) is 11.6 Å². The van der Waals surface area contributed by atoms with E-state index in [9.17, 15) is 9.59 Å². The van der Waals surface area contributed by atoms with E-state index in [-0.39, 0.29) is 5.91 Å². The maximum Gasteiger partial charge on any atom is 0.269 e. The van der Waals surface area contributed by atoms with Crippen molar-refractivity contribution in [3.63, 3.8) is 0 Å². The van der Waals surface area contributed by atoms with Crippen LogP contribution in [0.1, 0.15) is 65.3 Å². The molecule has 1 atom stereocenters. The quantitative estimate of drug-likeness (QED) is 0.632. The van der Waals surface area contributed by atoms with Crippen LogP contribution in [0.2, 0.25) is 5.02 Å². The van der Waals surface area contributed by atoms with Crippen LogP contribution < -0.4 is 10.2 Å². The summed E-state index contributed by atoms with van der Waals surface area (Å²) in [6.45, 7) is 8.25. The summed E-state index contributed by atoms with van der Waals surface area (Å²) in [4.78, 5) is 31.2. The fraction of sp³-hybridized carbons (Fsp3) is 0.500. The third-order valence-electron chi connectivity index (χ3n) is 7.31. The summed E-state index contributed by atoms with van der Waals surface area (Å²) >= 11 is 5.98. The number of alkyl halides is 1. The highest BCUT2D eigenvalue weighted by Gasteiger charge is 2.48. The lowest BCUT2D eigenvalue weighted by molar-refractivity contribution is -0.128. The van der Waals surface area contributed by atoms with Gasteiger partial charge in [0.2, 0.25) is 5.67 Å². The van der Waals surface area contributed by atoms with E-state index < -0.39 is 11.6 Å². The number of nitrogens with zero attached hydrogens (tertiary/aromatic N) is 2. The molecule has 1 aromatic carbocycles. The second kappa shape index (κ2) is 9.05. The number of hydrogen-bond donors (Lipinski definition) is 1. The van der Waals surface area contributed by atoms with Gasteiger partial charge in [-0.05, 0) is 94.5 Å². The summed E-state index contributed by atoms with van der Waals surface area (Å²) in [5.74, 6) is 0.0957. The van der Waals surface area contributed by atoms with Crippen LogP contribution in [-0.2, 0) is 10.5 Å². The molecule has 2 aliphatic rings. The molecule has 1 saturated carbocycles. The van der Waals surface area contributed by atoms with E-state index in [1.54, 1.807) is 17.9 Å². The molecule has 33 heavy (non-hydrogen) atoms. The van der Waals surface area contributed by atoms with E-state index in [0.717, 1.165) is 36.8 Å². The first-order valence-electron chi connectivity index (χ1n) is 11.6. The van der Waals surface area contributed by atoms with Gasteiger partial charge < -0.3 is 10.2 Å². The Morgan fingerprint density at radius 3 is 2.48 bits per heavy atom. The highest BCUT2D eigenvalue weighted by atomic mass is 35.5. The number of rotatable bonds is 5. The van der Waals surface area contributed by atoms with Gasteiger partial charge in [-0.1, -0.05) is 11.6 Å². The molecule has 1 aliphatic heterocycles. The molecule has 1 unspecified atom stereocenters. The van der Waals surface area contributed by atoms with Crippen molar-refractivity contribution >= 4 is 29.1 Å². The highest BCUT2D eigenvalue weighted by molar-refractivity contribution is 6.30. The Hall–Kier alpha value is -2.47. The molecule has 0 bridgehead atoms. The van der Waals surface area contributed by atoms with Gasteiger partial charge in [0.1, 0.15) is 0 Å². The number of pyridine rings is 1. The molecular formula is C26H31ClFN3O2. The first-order chi connectivity index (χ1) is 15.6. The first kappa shape index (κ1) is 23.7. The molecule has 2 heterocycles. The van der Waals surface area contributed by atoms with Crippen molar-refractivity contribution in [2.24, 2.45) is 11.8 Å². The standard InChI is InChI=1S/C26H31ClFN3O2/c1-15-9-22-23(10-16(15)2)31(25(33)26(22,4)28)14-19-7-5-18(6-8-19)12-30-24(32)21-11-20(27)13-29-17(21)3/h9-11,13,18-19H,5-8,12,14H2,1-4H3,(H,30,32). The molecule has 2 aromatic rings. The molecule has 2 amide bonds. The fourth-order valence-electron chi connectivity index (χ4n) is 5.01. The average molecular weight is 472 g/mol. The van der Waals surface area contributed by atoms with Crippen LogP contribution in [0.4, 0.5) is 10.1 Å². The van der Waals surface area contributed by atoms with Crippen LogP contribution in [0.25, 0.3) is 0 Å². The molecule has 1 N–H and O–H groups in total. The van der Waals surface area contributed by atoms with Crippen LogP contribution in [-0.4, -0.2) is 29.9 Å². The summed E-state index contributed by atoms with van der Waals surface area (Å²) in [5.41, 5.74) is 2.45. The Kier molecular flexibility index (Phi) is 6.50. The van der Waals surface area contributed by atoms with Gasteiger partial charge in [0.05, 0.1) is 22.0 Å². The summed E-state index contributed by atoms with van der Waals surface area (Å²) in [5, 5.41) is 3.46. The lowest BCUT2D eigenvalue weighted by atomic mass is 9.81. The summed E-state index contributed by atoms with van der Waals surface area (Å²) in [6, 6.07) is 5.41. The molecule has 176 valence electrons. The molecule has 0 radical (unpaired) electrons. The minimum atomic E-state index is -1.97. The first-order valence-corrected chi connectivity index (χ1v) is 12.0. The molecule has 1 aromatic heterocycles. The fourth-order valence-corrected chi connectivity index (χ4v) is 5.16. The molecule has 1 fully saturated rings. The van der Waals surface area contributed by atoms with Gasteiger partial charge in [-0.3, -0.25) is 14.6 Å². The van der Waals surface area contributed by atoms with E-state index in [0.29, 0.717) is 52.5 Å². The number of carbonyl (C=O) groups excluding carboxylic acids is 2. The number of anilines is 1. The van der Waals surface area contributed by atoms with Crippen LogP contribution in [0.5, 0.6) is 0 Å². The lowest BCUT2D eigenvalue weighted by Gasteiger charge is -2.32. The van der Waals surface area contributed by atoms with E-state index in [1.807, 2.05) is 26.0 Å². The molecule has 0 saturated heterocycles. The van der Waals surface area contributed by atoms with Crippen molar-refractivity contribution in [2.45, 2.75) is 59.0 Å². The zero-order chi connectivity index (χ0) is 23.9. The van der Waals surface area contributed by atoms with Gasteiger partial charge in [0.25, 0.3) is 11.8 Å². The second-order valence-corrected chi connectivity index (χ2v) is 10.2. The normalized spacial score (nSPS) is 24.7. The molecule has 4 rings (SSSR count). The number of aromatic nitrogens is 1. The van der Waals surface area contributed by atoms with Crippen LogP contribution in [0.3, 0.4) is 0 Å². The van der Waals surface area contributed by atoms with Gasteiger partial charge >= 0.3 is 0 Å². The van der Waals surface area contributed by atoms with Crippen LogP contribution >= 0.6 is 11.6 Å². The maximum absolute atomic E-state index is 15.3.